The molecular weight excluding hydrogens is 332 g/mol. The Bertz CT molecular complexity index is 792. The summed E-state index contributed by atoms with van der Waals surface area (Å²) in [7, 11) is 0. The quantitative estimate of drug-likeness (QED) is 0.830. The Morgan fingerprint density at radius 1 is 1.33 bits per heavy atom. The standard InChI is InChI=1S/C15H17ClN6O2/c1-3-7-22-12(18-19-20-22)9-21-13(23)15(2,17-14(21)24)10-5-4-6-11(16)8-10/h4-6,8H,3,7,9H2,1-2H3,(H,17,24). The van der Waals surface area contributed by atoms with Gasteiger partial charge in [0, 0.05) is 11.6 Å². The van der Waals surface area contributed by atoms with Gasteiger partial charge in [0.05, 0.1) is 6.54 Å². The highest BCUT2D eigenvalue weighted by atomic mass is 35.5. The molecule has 1 atom stereocenters. The summed E-state index contributed by atoms with van der Waals surface area (Å²) in [6.45, 7) is 4.30. The molecule has 8 nitrogen and oxygen atoms in total. The zero-order chi connectivity index (χ0) is 17.3. The van der Waals surface area contributed by atoms with E-state index in [4.69, 9.17) is 11.6 Å². The average Bonchev–Trinajstić information content (AvgIpc) is 3.07. The van der Waals surface area contributed by atoms with Crippen LogP contribution in [0.5, 0.6) is 0 Å². The molecule has 0 bridgehead atoms. The van der Waals surface area contributed by atoms with Crippen LogP contribution < -0.4 is 5.32 Å². The zero-order valence-electron chi connectivity index (χ0n) is 13.4. The molecule has 1 aromatic heterocycles. The van der Waals surface area contributed by atoms with Gasteiger partial charge in [-0.3, -0.25) is 9.69 Å². The number of nitrogens with one attached hydrogen (secondary N) is 1. The van der Waals surface area contributed by atoms with Gasteiger partial charge in [-0.05, 0) is 41.5 Å². The largest absolute Gasteiger partial charge is 0.325 e. The Hall–Kier alpha value is -2.48. The molecule has 1 aliphatic rings. The minimum Gasteiger partial charge on any atom is -0.319 e. The summed E-state index contributed by atoms with van der Waals surface area (Å²) < 4.78 is 1.59. The van der Waals surface area contributed by atoms with Crippen molar-refractivity contribution in [3.8, 4) is 0 Å². The molecule has 3 amide bonds. The molecule has 2 heterocycles. The summed E-state index contributed by atoms with van der Waals surface area (Å²) >= 11 is 6.01. The van der Waals surface area contributed by atoms with Crippen molar-refractivity contribution in [3.05, 3.63) is 40.7 Å². The SMILES string of the molecule is CCCn1nnnc1CN1C(=O)NC(C)(c2cccc(Cl)c2)C1=O. The fraction of sp³-hybridized carbons (Fsp3) is 0.400. The Labute approximate surface area is 143 Å². The first-order valence-electron chi connectivity index (χ1n) is 7.61. The molecule has 1 aliphatic heterocycles. The van der Waals surface area contributed by atoms with Crippen molar-refractivity contribution in [2.45, 2.75) is 38.9 Å². The lowest BCUT2D eigenvalue weighted by Crippen LogP contribution is -2.40. The number of carbonyl (C=O) groups excluding carboxylic acids is 2. The maximum atomic E-state index is 12.9. The third-order valence-electron chi connectivity index (χ3n) is 4.02. The number of aromatic nitrogens is 4. The maximum Gasteiger partial charge on any atom is 0.325 e. The topological polar surface area (TPSA) is 93.0 Å². The highest BCUT2D eigenvalue weighted by Gasteiger charge is 2.49. The van der Waals surface area contributed by atoms with Gasteiger partial charge in [-0.25, -0.2) is 9.48 Å². The second-order valence-corrected chi connectivity index (χ2v) is 6.21. The molecule has 0 saturated carbocycles. The van der Waals surface area contributed by atoms with Crippen LogP contribution in [0.2, 0.25) is 5.02 Å². The van der Waals surface area contributed by atoms with E-state index in [0.717, 1.165) is 11.3 Å². The van der Waals surface area contributed by atoms with Crippen LogP contribution in [0.25, 0.3) is 0 Å². The number of halogens is 1. The number of carbonyl (C=O) groups is 2. The van der Waals surface area contributed by atoms with E-state index >= 15 is 0 Å². The van der Waals surface area contributed by atoms with Crippen molar-refractivity contribution in [3.63, 3.8) is 0 Å². The van der Waals surface area contributed by atoms with Crippen molar-refractivity contribution in [1.29, 1.82) is 0 Å². The zero-order valence-corrected chi connectivity index (χ0v) is 14.1. The van der Waals surface area contributed by atoms with Crippen molar-refractivity contribution in [1.82, 2.24) is 30.4 Å². The number of benzene rings is 1. The highest BCUT2D eigenvalue weighted by molar-refractivity contribution is 6.30. The molecule has 1 aromatic carbocycles. The molecule has 1 fully saturated rings. The number of urea groups is 1. The van der Waals surface area contributed by atoms with E-state index in [0.29, 0.717) is 23.0 Å². The molecule has 0 aliphatic carbocycles. The van der Waals surface area contributed by atoms with Crippen molar-refractivity contribution in [2.24, 2.45) is 0 Å². The van der Waals surface area contributed by atoms with Gasteiger partial charge in [-0.15, -0.1) is 5.10 Å². The predicted octanol–water partition coefficient (Wildman–Crippen LogP) is 1.70. The molecule has 24 heavy (non-hydrogen) atoms. The van der Waals surface area contributed by atoms with Gasteiger partial charge in [-0.2, -0.15) is 0 Å². The number of nitrogens with zero attached hydrogens (tertiary/aromatic N) is 5. The van der Waals surface area contributed by atoms with Crippen molar-refractivity contribution >= 4 is 23.5 Å². The lowest BCUT2D eigenvalue weighted by Gasteiger charge is -2.22. The van der Waals surface area contributed by atoms with Gasteiger partial charge >= 0.3 is 6.03 Å². The third kappa shape index (κ3) is 2.73. The van der Waals surface area contributed by atoms with Crippen LogP contribution in [0.4, 0.5) is 4.79 Å². The number of amides is 3. The summed E-state index contributed by atoms with van der Waals surface area (Å²) in [5, 5.41) is 14.6. The molecule has 1 unspecified atom stereocenters. The molecule has 0 spiro atoms. The molecule has 9 heteroatoms. The summed E-state index contributed by atoms with van der Waals surface area (Å²) in [6, 6.07) is 6.41. The average molecular weight is 349 g/mol. The summed E-state index contributed by atoms with van der Waals surface area (Å²) in [5.41, 5.74) is -0.533. The number of aryl methyl sites for hydroxylation is 1. The van der Waals surface area contributed by atoms with E-state index in [1.54, 1.807) is 35.9 Å². The van der Waals surface area contributed by atoms with E-state index in [9.17, 15) is 9.59 Å². The van der Waals surface area contributed by atoms with E-state index in [1.807, 2.05) is 6.92 Å². The fourth-order valence-corrected chi connectivity index (χ4v) is 2.89. The highest BCUT2D eigenvalue weighted by Crippen LogP contribution is 2.30. The predicted molar refractivity (Wildman–Crippen MR) is 86.0 cm³/mol. The lowest BCUT2D eigenvalue weighted by molar-refractivity contribution is -0.131. The summed E-state index contributed by atoms with van der Waals surface area (Å²) in [4.78, 5) is 26.3. The summed E-state index contributed by atoms with van der Waals surface area (Å²) in [5.74, 6) is 0.108. The van der Waals surface area contributed by atoms with Crippen LogP contribution in [0.3, 0.4) is 0 Å². The summed E-state index contributed by atoms with van der Waals surface area (Å²) in [6.07, 6.45) is 0.846. The Morgan fingerprint density at radius 3 is 2.83 bits per heavy atom. The van der Waals surface area contributed by atoms with Gasteiger partial charge in [0.1, 0.15) is 5.54 Å². The minimum atomic E-state index is -1.16. The Morgan fingerprint density at radius 2 is 2.12 bits per heavy atom. The minimum absolute atomic E-state index is 0.0216. The molecule has 1 N–H and O–H groups in total. The molecule has 3 rings (SSSR count). The first kappa shape index (κ1) is 16.4. The first-order chi connectivity index (χ1) is 11.5. The van der Waals surface area contributed by atoms with Gasteiger partial charge in [0.15, 0.2) is 5.82 Å². The fourth-order valence-electron chi connectivity index (χ4n) is 2.70. The number of hydrogen-bond acceptors (Lipinski definition) is 5. The normalized spacial score (nSPS) is 20.5. The number of rotatable bonds is 5. The van der Waals surface area contributed by atoms with E-state index < -0.39 is 11.6 Å². The van der Waals surface area contributed by atoms with E-state index in [2.05, 4.69) is 20.8 Å². The number of tetrazole rings is 1. The smallest absolute Gasteiger partial charge is 0.319 e. The maximum absolute atomic E-state index is 12.9. The first-order valence-corrected chi connectivity index (χ1v) is 7.98. The molecule has 1 saturated heterocycles. The van der Waals surface area contributed by atoms with Gasteiger partial charge in [0.25, 0.3) is 5.91 Å². The van der Waals surface area contributed by atoms with Crippen LogP contribution in [-0.2, 0) is 23.4 Å². The van der Waals surface area contributed by atoms with Crippen LogP contribution in [0.15, 0.2) is 24.3 Å². The van der Waals surface area contributed by atoms with Crippen LogP contribution in [0.1, 0.15) is 31.7 Å². The Balaban J connectivity index is 1.88. The van der Waals surface area contributed by atoms with Crippen molar-refractivity contribution < 1.29 is 9.59 Å². The van der Waals surface area contributed by atoms with Crippen LogP contribution in [-0.4, -0.2) is 37.0 Å². The molecule has 0 radical (unpaired) electrons. The van der Waals surface area contributed by atoms with Gasteiger partial charge in [0.2, 0.25) is 0 Å². The molecular formula is C15H17ClN6O2. The Kier molecular flexibility index (Phi) is 4.23. The monoisotopic (exact) mass is 348 g/mol. The van der Waals surface area contributed by atoms with Crippen molar-refractivity contribution in [2.75, 3.05) is 0 Å². The van der Waals surface area contributed by atoms with E-state index in [1.165, 1.54) is 0 Å². The van der Waals surface area contributed by atoms with E-state index in [-0.39, 0.29) is 12.5 Å². The number of imide groups is 1. The lowest BCUT2D eigenvalue weighted by atomic mass is 9.92. The third-order valence-corrected chi connectivity index (χ3v) is 4.25. The second kappa shape index (κ2) is 6.20. The van der Waals surface area contributed by atoms with Gasteiger partial charge < -0.3 is 5.32 Å². The van der Waals surface area contributed by atoms with Crippen LogP contribution in [0, 0.1) is 0 Å². The second-order valence-electron chi connectivity index (χ2n) is 5.78. The number of hydrogen-bond donors (Lipinski definition) is 1. The van der Waals surface area contributed by atoms with Gasteiger partial charge in [-0.1, -0.05) is 30.7 Å². The van der Waals surface area contributed by atoms with Crippen LogP contribution >= 0.6 is 11.6 Å². The molecule has 2 aromatic rings. The molecule has 126 valence electrons.